The molecule has 480 valence electrons. The monoisotopic (exact) mass is 1160 g/mol. The van der Waals surface area contributed by atoms with Crippen molar-refractivity contribution in [2.45, 2.75) is 341 Å². The molecule has 0 saturated heterocycles. The van der Waals surface area contributed by atoms with Gasteiger partial charge in [0.15, 0.2) is 6.10 Å². The van der Waals surface area contributed by atoms with E-state index in [-0.39, 0.29) is 31.6 Å². The summed E-state index contributed by atoms with van der Waals surface area (Å²) in [6, 6.07) is 0. The fraction of sp³-hybridized carbons (Fsp3) is 0.696. The number of aliphatic hydroxyl groups excluding tert-OH is 1. The summed E-state index contributed by atoms with van der Waals surface area (Å²) >= 11 is 0. The van der Waals surface area contributed by atoms with Gasteiger partial charge in [0.2, 0.25) is 0 Å². The van der Waals surface area contributed by atoms with E-state index < -0.39 is 6.10 Å². The zero-order chi connectivity index (χ0) is 60.5. The van der Waals surface area contributed by atoms with Gasteiger partial charge in [-0.1, -0.05) is 347 Å². The van der Waals surface area contributed by atoms with Crippen LogP contribution >= 0.6 is 0 Å². The van der Waals surface area contributed by atoms with Gasteiger partial charge in [-0.2, -0.15) is 0 Å². The van der Waals surface area contributed by atoms with Crippen molar-refractivity contribution in [2.75, 3.05) is 13.2 Å². The standard InChI is InChI=1S/C79H134O5/c1-3-5-7-9-11-13-15-17-19-21-23-25-27-29-31-33-34-35-36-37-38-39-40-41-42-43-44-46-47-49-51-53-55-57-59-61-63-65-67-69-71-73-78(81)83-76-77(75-80)84-79(82)74-72-70-68-66-64-62-60-58-56-54-52-50-48-45-32-30-28-26-24-22-20-18-16-14-12-10-8-6-4-2/h6,8,12,14-15,17-18,20-21,23-24,26,30,32,48,50,54,56,60,62,66,68,77,80H,3-5,7,9-11,13,16,19,22,25,27-29,31,33-47,49,51-53,55,57-59,61,63-65,67,69-76H2,1-2H3/b8-6-,14-12-,17-15-,20-18-,23-21-,26-24-,32-30-,50-48-,56-54-,62-60-,68-66-. The largest absolute Gasteiger partial charge is 0.462 e. The van der Waals surface area contributed by atoms with Crippen molar-refractivity contribution in [3.8, 4) is 0 Å². The summed E-state index contributed by atoms with van der Waals surface area (Å²) in [5.74, 6) is -0.657. The molecule has 0 spiro atoms. The molecule has 0 saturated carbocycles. The van der Waals surface area contributed by atoms with Crippen LogP contribution in [0.15, 0.2) is 134 Å². The average Bonchev–Trinajstić information content (AvgIpc) is 3.51. The Kier molecular flexibility index (Phi) is 69.8. The van der Waals surface area contributed by atoms with Crippen LogP contribution in [-0.2, 0) is 19.1 Å². The Morgan fingerprint density at radius 2 is 0.524 bits per heavy atom. The topological polar surface area (TPSA) is 72.8 Å². The molecule has 84 heavy (non-hydrogen) atoms. The van der Waals surface area contributed by atoms with Crippen molar-refractivity contribution >= 4 is 11.9 Å². The van der Waals surface area contributed by atoms with Crippen molar-refractivity contribution in [2.24, 2.45) is 0 Å². The van der Waals surface area contributed by atoms with Crippen LogP contribution in [0.5, 0.6) is 0 Å². The lowest BCUT2D eigenvalue weighted by Crippen LogP contribution is -2.28. The van der Waals surface area contributed by atoms with Gasteiger partial charge in [0.1, 0.15) is 6.61 Å². The summed E-state index contributed by atoms with van der Waals surface area (Å²) < 4.78 is 10.7. The van der Waals surface area contributed by atoms with E-state index >= 15 is 0 Å². The molecule has 0 fully saturated rings. The zero-order valence-electron chi connectivity index (χ0n) is 55.1. The lowest BCUT2D eigenvalue weighted by molar-refractivity contribution is -0.161. The van der Waals surface area contributed by atoms with Crippen molar-refractivity contribution in [3.63, 3.8) is 0 Å². The van der Waals surface area contributed by atoms with Crippen LogP contribution in [0, 0.1) is 0 Å². The Balaban J connectivity index is 3.50. The van der Waals surface area contributed by atoms with Crippen molar-refractivity contribution in [3.05, 3.63) is 134 Å². The Morgan fingerprint density at radius 1 is 0.286 bits per heavy atom. The molecule has 0 aromatic rings. The van der Waals surface area contributed by atoms with E-state index in [1.807, 2.05) is 0 Å². The molecule has 1 atom stereocenters. The first-order valence-corrected chi connectivity index (χ1v) is 35.7. The maximum atomic E-state index is 12.3. The Bertz CT molecular complexity index is 1700. The van der Waals surface area contributed by atoms with Gasteiger partial charge < -0.3 is 14.6 Å². The molecule has 0 aliphatic carbocycles. The number of unbranched alkanes of at least 4 members (excludes halogenated alkanes) is 35. The highest BCUT2D eigenvalue weighted by atomic mass is 16.6. The SMILES string of the molecule is CC/C=C\C/C=C\C/C=C\C/C=C\C/C=C\C/C=C\C/C=C\C/C=C\C/C=C\CCCC(=O)OC(CO)COC(=O)CCCCCCCCCCCCCCCCCCCCCCCCCCCCCCC/C=C\C/C=C\CCCCCCC. The zero-order valence-corrected chi connectivity index (χ0v) is 55.1. The highest BCUT2D eigenvalue weighted by molar-refractivity contribution is 5.70. The van der Waals surface area contributed by atoms with E-state index in [0.717, 1.165) is 89.9 Å². The maximum Gasteiger partial charge on any atom is 0.306 e. The first-order chi connectivity index (χ1) is 41.6. The second-order valence-electron chi connectivity index (χ2n) is 23.6. The summed E-state index contributed by atoms with van der Waals surface area (Å²) in [4.78, 5) is 24.6. The minimum atomic E-state index is -0.812. The third kappa shape index (κ3) is 70.5. The Morgan fingerprint density at radius 3 is 0.810 bits per heavy atom. The predicted octanol–water partition coefficient (Wildman–Crippen LogP) is 25.1. The van der Waals surface area contributed by atoms with Crippen LogP contribution in [0.4, 0.5) is 0 Å². The fourth-order valence-electron chi connectivity index (χ4n) is 10.1. The second kappa shape index (κ2) is 73.3. The van der Waals surface area contributed by atoms with Crippen molar-refractivity contribution < 1.29 is 24.2 Å². The molecule has 0 radical (unpaired) electrons. The molecule has 0 rings (SSSR count). The lowest BCUT2D eigenvalue weighted by atomic mass is 10.0. The molecule has 0 bridgehead atoms. The van der Waals surface area contributed by atoms with Crippen LogP contribution in [0.1, 0.15) is 335 Å². The third-order valence-corrected chi connectivity index (χ3v) is 15.4. The fourth-order valence-corrected chi connectivity index (χ4v) is 10.1. The Labute approximate surface area is 521 Å². The van der Waals surface area contributed by atoms with Gasteiger partial charge in [0.25, 0.3) is 0 Å². The van der Waals surface area contributed by atoms with E-state index in [1.54, 1.807) is 0 Å². The molecule has 0 aromatic carbocycles. The Hall–Kier alpha value is -3.96. The van der Waals surface area contributed by atoms with Crippen LogP contribution in [0.3, 0.4) is 0 Å². The van der Waals surface area contributed by atoms with Crippen molar-refractivity contribution in [1.29, 1.82) is 0 Å². The van der Waals surface area contributed by atoms with Crippen LogP contribution in [-0.4, -0.2) is 36.4 Å². The molecule has 0 aromatic heterocycles. The molecular weight excluding hydrogens is 1030 g/mol. The summed E-state index contributed by atoms with van der Waals surface area (Å²) in [7, 11) is 0. The van der Waals surface area contributed by atoms with Crippen LogP contribution in [0.25, 0.3) is 0 Å². The molecule has 5 heteroatoms. The summed E-state index contributed by atoms with van der Waals surface area (Å²) in [5, 5.41) is 9.69. The lowest BCUT2D eigenvalue weighted by Gasteiger charge is -2.15. The quantitative estimate of drug-likeness (QED) is 0.0373. The van der Waals surface area contributed by atoms with Gasteiger partial charge in [-0.05, 0) is 109 Å². The number of aliphatic hydroxyl groups is 1. The molecule has 1 unspecified atom stereocenters. The highest BCUT2D eigenvalue weighted by Crippen LogP contribution is 2.18. The van der Waals surface area contributed by atoms with E-state index in [0.29, 0.717) is 12.8 Å². The summed E-state index contributed by atoms with van der Waals surface area (Å²) in [5.41, 5.74) is 0. The van der Waals surface area contributed by atoms with Gasteiger partial charge in [-0.15, -0.1) is 0 Å². The molecule has 0 heterocycles. The average molecular weight is 1160 g/mol. The number of hydrogen-bond donors (Lipinski definition) is 1. The minimum Gasteiger partial charge on any atom is -0.462 e. The van der Waals surface area contributed by atoms with Crippen LogP contribution < -0.4 is 0 Å². The normalized spacial score (nSPS) is 13.0. The highest BCUT2D eigenvalue weighted by Gasteiger charge is 2.16. The number of carbonyl (C=O) groups excluding carboxylic acids is 2. The van der Waals surface area contributed by atoms with Gasteiger partial charge in [0.05, 0.1) is 6.61 Å². The molecule has 5 nitrogen and oxygen atoms in total. The van der Waals surface area contributed by atoms with Crippen LogP contribution in [0.2, 0.25) is 0 Å². The number of allylic oxidation sites excluding steroid dienone is 22. The molecule has 0 amide bonds. The summed E-state index contributed by atoms with van der Waals surface area (Å²) in [6.45, 7) is 3.99. The number of carbonyl (C=O) groups is 2. The van der Waals surface area contributed by atoms with E-state index in [1.165, 1.54) is 212 Å². The third-order valence-electron chi connectivity index (χ3n) is 15.4. The molecule has 0 aliphatic rings. The van der Waals surface area contributed by atoms with E-state index in [2.05, 4.69) is 148 Å². The van der Waals surface area contributed by atoms with E-state index in [4.69, 9.17) is 9.47 Å². The van der Waals surface area contributed by atoms with Gasteiger partial charge in [0, 0.05) is 12.8 Å². The minimum absolute atomic E-state index is 0.0940. The molecule has 0 aliphatic heterocycles. The smallest absolute Gasteiger partial charge is 0.306 e. The number of rotatable bonds is 65. The number of esters is 2. The van der Waals surface area contributed by atoms with Gasteiger partial charge in [-0.3, -0.25) is 9.59 Å². The summed E-state index contributed by atoms with van der Waals surface area (Å²) in [6.07, 6.45) is 109. The molecular formula is C79H134O5. The molecule has 1 N–H and O–H groups in total. The number of hydrogen-bond acceptors (Lipinski definition) is 5. The van der Waals surface area contributed by atoms with Crippen molar-refractivity contribution in [1.82, 2.24) is 0 Å². The maximum absolute atomic E-state index is 12.3. The van der Waals surface area contributed by atoms with Gasteiger partial charge in [-0.25, -0.2) is 0 Å². The van der Waals surface area contributed by atoms with Gasteiger partial charge >= 0.3 is 11.9 Å². The predicted molar refractivity (Wildman–Crippen MR) is 371 cm³/mol. The number of ether oxygens (including phenoxy) is 2. The first kappa shape index (κ1) is 80.0. The first-order valence-electron chi connectivity index (χ1n) is 35.7. The van der Waals surface area contributed by atoms with E-state index in [9.17, 15) is 14.7 Å². The second-order valence-corrected chi connectivity index (χ2v) is 23.6.